The summed E-state index contributed by atoms with van der Waals surface area (Å²) in [6.07, 6.45) is 3.20. The first-order valence-electron chi connectivity index (χ1n) is 12.0. The molecule has 2 rings (SSSR count). The molecule has 0 saturated carbocycles. The van der Waals surface area contributed by atoms with Crippen LogP contribution in [0.1, 0.15) is 67.6 Å². The van der Waals surface area contributed by atoms with Crippen LogP contribution in [0.4, 0.5) is 4.39 Å². The van der Waals surface area contributed by atoms with Crippen LogP contribution in [0.15, 0.2) is 41.3 Å². The highest BCUT2D eigenvalue weighted by molar-refractivity contribution is 7.98. The molecule has 2 aromatic rings. The van der Waals surface area contributed by atoms with Crippen molar-refractivity contribution in [3.63, 3.8) is 0 Å². The van der Waals surface area contributed by atoms with E-state index < -0.39 is 6.04 Å². The standard InChI is InChI=1S/C28H37FN2O3S/c1-20(2)31(21(3)4)15-23-12-11-22(14-27(23)29)19-35-28-10-6-8-24(17-33)26(28)16-30(5)25(18-34)9-7-13-32/h6,8,10-14,17-18,20-21,25H,7,9,15-16,19H2,1-5H3. The molecule has 35 heavy (non-hydrogen) atoms. The van der Waals surface area contributed by atoms with Crippen molar-refractivity contribution in [3.05, 3.63) is 64.5 Å². The number of carbonyl (C=O) groups is 3. The molecule has 0 amide bonds. The molecule has 0 aliphatic rings. The minimum absolute atomic E-state index is 0.208. The highest BCUT2D eigenvalue weighted by atomic mass is 32.2. The first-order valence-corrected chi connectivity index (χ1v) is 13.0. The average molecular weight is 501 g/mol. The normalized spacial score (nSPS) is 12.5. The fourth-order valence-corrected chi connectivity index (χ4v) is 5.16. The summed E-state index contributed by atoms with van der Waals surface area (Å²) >= 11 is 1.54. The monoisotopic (exact) mass is 500 g/mol. The zero-order chi connectivity index (χ0) is 26.0. The lowest BCUT2D eigenvalue weighted by Crippen LogP contribution is -2.36. The lowest BCUT2D eigenvalue weighted by atomic mass is 10.1. The molecule has 190 valence electrons. The molecule has 0 bridgehead atoms. The molecule has 0 fully saturated rings. The largest absolute Gasteiger partial charge is 0.303 e. The maximum absolute atomic E-state index is 14.9. The number of likely N-dealkylation sites (N-methyl/N-ethyl adjacent to an activating group) is 1. The van der Waals surface area contributed by atoms with Crippen LogP contribution >= 0.6 is 11.8 Å². The van der Waals surface area contributed by atoms with Gasteiger partial charge < -0.3 is 9.59 Å². The van der Waals surface area contributed by atoms with E-state index in [9.17, 15) is 18.8 Å². The number of halogens is 1. The molecule has 0 spiro atoms. The number of nitrogens with zero attached hydrogens (tertiary/aromatic N) is 2. The molecule has 5 nitrogen and oxygen atoms in total. The number of carbonyl (C=O) groups excluding carboxylic acids is 3. The third kappa shape index (κ3) is 8.37. The van der Waals surface area contributed by atoms with Crippen LogP contribution in [0, 0.1) is 5.82 Å². The van der Waals surface area contributed by atoms with Crippen molar-refractivity contribution < 1.29 is 18.8 Å². The Balaban J connectivity index is 2.18. The van der Waals surface area contributed by atoms with Crippen LogP contribution in [-0.2, 0) is 28.4 Å². The van der Waals surface area contributed by atoms with Crippen LogP contribution in [0.3, 0.4) is 0 Å². The Labute approximate surface area is 213 Å². The van der Waals surface area contributed by atoms with Crippen molar-refractivity contribution in [2.24, 2.45) is 0 Å². The molecule has 1 unspecified atom stereocenters. The van der Waals surface area contributed by atoms with Crippen molar-refractivity contribution in [1.82, 2.24) is 9.80 Å². The van der Waals surface area contributed by atoms with Gasteiger partial charge in [0, 0.05) is 53.4 Å². The Morgan fingerprint density at radius 3 is 2.29 bits per heavy atom. The van der Waals surface area contributed by atoms with Crippen molar-refractivity contribution in [2.45, 2.75) is 82.4 Å². The van der Waals surface area contributed by atoms with Crippen LogP contribution in [0.5, 0.6) is 0 Å². The number of aldehydes is 3. The second kappa shape index (κ2) is 14.3. The van der Waals surface area contributed by atoms with Gasteiger partial charge in [-0.25, -0.2) is 4.39 Å². The molecule has 0 saturated heterocycles. The van der Waals surface area contributed by atoms with Crippen LogP contribution in [0.2, 0.25) is 0 Å². The quantitative estimate of drug-likeness (QED) is 0.237. The molecule has 0 aliphatic carbocycles. The second-order valence-corrected chi connectivity index (χ2v) is 10.4. The molecule has 0 aromatic heterocycles. The van der Waals surface area contributed by atoms with Crippen LogP contribution < -0.4 is 0 Å². The topological polar surface area (TPSA) is 57.7 Å². The van der Waals surface area contributed by atoms with Gasteiger partial charge in [0.1, 0.15) is 24.7 Å². The smallest absolute Gasteiger partial charge is 0.150 e. The van der Waals surface area contributed by atoms with Gasteiger partial charge in [0.15, 0.2) is 0 Å². The zero-order valence-corrected chi connectivity index (χ0v) is 22.2. The molecule has 0 N–H and O–H groups in total. The van der Waals surface area contributed by atoms with Crippen LogP contribution in [0.25, 0.3) is 0 Å². The van der Waals surface area contributed by atoms with E-state index in [-0.39, 0.29) is 5.82 Å². The maximum atomic E-state index is 14.9. The minimum atomic E-state index is -0.407. The number of rotatable bonds is 15. The summed E-state index contributed by atoms with van der Waals surface area (Å²) in [5.41, 5.74) is 2.94. The van der Waals surface area contributed by atoms with Gasteiger partial charge in [-0.1, -0.05) is 24.3 Å². The Hall–Kier alpha value is -2.35. The summed E-state index contributed by atoms with van der Waals surface area (Å²) in [7, 11) is 1.81. The highest BCUT2D eigenvalue weighted by Crippen LogP contribution is 2.30. The fraction of sp³-hybridized carbons (Fsp3) is 0.464. The zero-order valence-electron chi connectivity index (χ0n) is 21.4. The van der Waals surface area contributed by atoms with Gasteiger partial charge >= 0.3 is 0 Å². The number of hydrogen-bond donors (Lipinski definition) is 0. The van der Waals surface area contributed by atoms with Crippen molar-refractivity contribution in [3.8, 4) is 0 Å². The van der Waals surface area contributed by atoms with E-state index in [2.05, 4.69) is 32.6 Å². The van der Waals surface area contributed by atoms with Crippen molar-refractivity contribution in [2.75, 3.05) is 7.05 Å². The molecule has 0 heterocycles. The third-order valence-corrected chi connectivity index (χ3v) is 7.37. The van der Waals surface area contributed by atoms with Crippen molar-refractivity contribution in [1.29, 1.82) is 0 Å². The summed E-state index contributed by atoms with van der Waals surface area (Å²) in [5.74, 6) is 0.344. The number of thioether (sulfide) groups is 1. The molecular formula is C28H37FN2O3S. The fourth-order valence-electron chi connectivity index (χ4n) is 4.12. The molecule has 0 aliphatic heterocycles. The Kier molecular flexibility index (Phi) is 11.8. The van der Waals surface area contributed by atoms with E-state index in [1.807, 2.05) is 36.2 Å². The molecule has 0 radical (unpaired) electrons. The van der Waals surface area contributed by atoms with Gasteiger partial charge in [0.25, 0.3) is 0 Å². The molecule has 1 atom stereocenters. The summed E-state index contributed by atoms with van der Waals surface area (Å²) < 4.78 is 14.9. The van der Waals surface area contributed by atoms with Crippen LogP contribution in [-0.4, -0.2) is 53.8 Å². The second-order valence-electron chi connectivity index (χ2n) is 9.38. The van der Waals surface area contributed by atoms with Crippen molar-refractivity contribution >= 4 is 30.6 Å². The van der Waals surface area contributed by atoms with Gasteiger partial charge in [-0.15, -0.1) is 11.8 Å². The highest BCUT2D eigenvalue weighted by Gasteiger charge is 2.19. The predicted molar refractivity (Wildman–Crippen MR) is 140 cm³/mol. The molecule has 2 aromatic carbocycles. The number of benzene rings is 2. The van der Waals surface area contributed by atoms with E-state index >= 15 is 0 Å². The van der Waals surface area contributed by atoms with E-state index in [0.717, 1.165) is 34.9 Å². The van der Waals surface area contributed by atoms with E-state index in [1.165, 1.54) is 11.8 Å². The predicted octanol–water partition coefficient (Wildman–Crippen LogP) is 5.53. The lowest BCUT2D eigenvalue weighted by molar-refractivity contribution is -0.113. The number of hydrogen-bond acceptors (Lipinski definition) is 6. The summed E-state index contributed by atoms with van der Waals surface area (Å²) in [4.78, 5) is 39.0. The van der Waals surface area contributed by atoms with Gasteiger partial charge in [-0.3, -0.25) is 14.6 Å². The van der Waals surface area contributed by atoms with E-state index in [4.69, 9.17) is 0 Å². The van der Waals surface area contributed by atoms with E-state index in [0.29, 0.717) is 54.9 Å². The Morgan fingerprint density at radius 1 is 1.00 bits per heavy atom. The SMILES string of the molecule is CC(C)N(Cc1ccc(CSc2cccc(C=O)c2CN(C)C(C=O)CCC=O)cc1F)C(C)C. The van der Waals surface area contributed by atoms with Gasteiger partial charge in [0.2, 0.25) is 0 Å². The summed E-state index contributed by atoms with van der Waals surface area (Å²) in [5, 5.41) is 0. The first-order chi connectivity index (χ1) is 16.7. The first kappa shape index (κ1) is 28.9. The Morgan fingerprint density at radius 2 is 1.71 bits per heavy atom. The van der Waals surface area contributed by atoms with Gasteiger partial charge in [0.05, 0.1) is 6.04 Å². The van der Waals surface area contributed by atoms with Gasteiger partial charge in [-0.05, 0) is 64.4 Å². The van der Waals surface area contributed by atoms with Gasteiger partial charge in [-0.2, -0.15) is 0 Å². The average Bonchev–Trinajstić information content (AvgIpc) is 2.82. The maximum Gasteiger partial charge on any atom is 0.150 e. The third-order valence-electron chi connectivity index (χ3n) is 6.20. The summed E-state index contributed by atoms with van der Waals surface area (Å²) in [6, 6.07) is 11.2. The minimum Gasteiger partial charge on any atom is -0.303 e. The molecule has 7 heteroatoms. The lowest BCUT2D eigenvalue weighted by Gasteiger charge is -2.30. The molecular weight excluding hydrogens is 463 g/mol. The summed E-state index contributed by atoms with van der Waals surface area (Å²) in [6.45, 7) is 9.42. The van der Waals surface area contributed by atoms with E-state index in [1.54, 1.807) is 12.1 Å². The Bertz CT molecular complexity index is 988.